The Labute approximate surface area is 188 Å². The molecule has 0 radical (unpaired) electrons. The lowest BCUT2D eigenvalue weighted by Gasteiger charge is -2.61. The van der Waals surface area contributed by atoms with Crippen molar-refractivity contribution in [3.05, 3.63) is 34.4 Å². The largest absolute Gasteiger partial charge is 0.463 e. The first-order valence-electron chi connectivity index (χ1n) is 12.3. The second kappa shape index (κ2) is 6.69. The second-order valence-corrected chi connectivity index (χ2v) is 11.6. The predicted molar refractivity (Wildman–Crippen MR) is 116 cm³/mol. The monoisotopic (exact) mass is 442 g/mol. The quantitative estimate of drug-likeness (QED) is 0.554. The smallest absolute Gasteiger partial charge is 0.335 e. The summed E-state index contributed by atoms with van der Waals surface area (Å²) in [7, 11) is 0. The number of fused-ring (bicyclic) bond motifs is 3. The van der Waals surface area contributed by atoms with Crippen LogP contribution in [-0.2, 0) is 14.3 Å². The number of hydrogen-bond acceptors (Lipinski definition) is 6. The van der Waals surface area contributed by atoms with E-state index in [1.165, 1.54) is 13.0 Å². The third kappa shape index (κ3) is 2.54. The molecule has 2 unspecified atom stereocenters. The molecule has 1 aliphatic heterocycles. The average Bonchev–Trinajstić information content (AvgIpc) is 3.45. The summed E-state index contributed by atoms with van der Waals surface area (Å²) in [6.45, 7) is 6.27. The van der Waals surface area contributed by atoms with Crippen molar-refractivity contribution in [1.29, 1.82) is 0 Å². The van der Waals surface area contributed by atoms with E-state index >= 15 is 0 Å². The van der Waals surface area contributed by atoms with Gasteiger partial charge >= 0.3 is 11.6 Å². The fraction of sp³-hybridized carbons (Fsp3) is 0.769. The molecule has 1 aromatic heterocycles. The van der Waals surface area contributed by atoms with Crippen LogP contribution in [0.2, 0.25) is 0 Å². The lowest BCUT2D eigenvalue weighted by atomic mass is 9.44. The highest BCUT2D eigenvalue weighted by molar-refractivity contribution is 5.66. The first kappa shape index (κ1) is 20.9. The Morgan fingerprint density at radius 1 is 1.12 bits per heavy atom. The summed E-state index contributed by atoms with van der Waals surface area (Å²) >= 11 is 0. The molecule has 174 valence electrons. The minimum Gasteiger partial charge on any atom is -0.463 e. The van der Waals surface area contributed by atoms with Crippen molar-refractivity contribution >= 4 is 5.97 Å². The lowest BCUT2D eigenvalue weighted by Crippen LogP contribution is -2.58. The number of aliphatic hydroxyl groups excluding tert-OH is 1. The number of epoxide rings is 1. The van der Waals surface area contributed by atoms with Crippen LogP contribution in [0.15, 0.2) is 27.6 Å². The number of esters is 1. The van der Waals surface area contributed by atoms with E-state index in [1.807, 2.05) is 6.07 Å². The summed E-state index contributed by atoms with van der Waals surface area (Å²) < 4.78 is 17.3. The molecule has 1 N–H and O–H groups in total. The van der Waals surface area contributed by atoms with Crippen LogP contribution < -0.4 is 5.63 Å². The van der Waals surface area contributed by atoms with Crippen molar-refractivity contribution in [1.82, 2.24) is 0 Å². The van der Waals surface area contributed by atoms with Gasteiger partial charge in [-0.1, -0.05) is 13.8 Å². The predicted octanol–water partition coefficient (Wildman–Crippen LogP) is 3.80. The summed E-state index contributed by atoms with van der Waals surface area (Å²) in [5, 5.41) is 11.3. The van der Waals surface area contributed by atoms with Gasteiger partial charge in [0.15, 0.2) is 0 Å². The molecule has 10 atom stereocenters. The molecule has 6 heteroatoms. The Kier molecular flexibility index (Phi) is 4.37. The highest BCUT2D eigenvalue weighted by Crippen LogP contribution is 2.77. The Balaban J connectivity index is 1.31. The molecule has 6 nitrogen and oxygen atoms in total. The number of ether oxygens (including phenoxy) is 2. The maximum atomic E-state index is 11.5. The van der Waals surface area contributed by atoms with E-state index in [-0.39, 0.29) is 46.2 Å². The Bertz CT molecular complexity index is 982. The second-order valence-electron chi connectivity index (χ2n) is 11.6. The van der Waals surface area contributed by atoms with Gasteiger partial charge in [-0.25, -0.2) is 4.79 Å². The van der Waals surface area contributed by atoms with Crippen LogP contribution in [0.1, 0.15) is 77.2 Å². The summed E-state index contributed by atoms with van der Waals surface area (Å²) in [4.78, 5) is 23.0. The Hall–Kier alpha value is -1.66. The van der Waals surface area contributed by atoms with Gasteiger partial charge in [0.2, 0.25) is 0 Å². The SMILES string of the molecule is CC(=O)O[C@H]1CC[C@@]2(C)[C@H](CCC3[C@@H]2CC[C@]2(C)[C@@H](c4ccc(=O)oc4)[C@@H](O)[C@@H]4OC342)C1. The fourth-order valence-electron chi connectivity index (χ4n) is 9.14. The molecule has 1 saturated heterocycles. The van der Waals surface area contributed by atoms with Crippen molar-refractivity contribution in [3.63, 3.8) is 0 Å². The van der Waals surface area contributed by atoms with Crippen molar-refractivity contribution in [2.24, 2.45) is 28.6 Å². The third-order valence-corrected chi connectivity index (χ3v) is 10.5. The zero-order valence-corrected chi connectivity index (χ0v) is 19.2. The van der Waals surface area contributed by atoms with E-state index in [0.29, 0.717) is 17.8 Å². The molecule has 0 aromatic carbocycles. The van der Waals surface area contributed by atoms with E-state index in [4.69, 9.17) is 13.9 Å². The third-order valence-electron chi connectivity index (χ3n) is 10.5. The van der Waals surface area contributed by atoms with Crippen LogP contribution >= 0.6 is 0 Å². The van der Waals surface area contributed by atoms with Gasteiger partial charge in [-0.2, -0.15) is 0 Å². The number of carbonyl (C=O) groups excluding carboxylic acids is 1. The van der Waals surface area contributed by atoms with Gasteiger partial charge in [0.05, 0.1) is 12.4 Å². The maximum Gasteiger partial charge on any atom is 0.335 e. The maximum absolute atomic E-state index is 11.5. The van der Waals surface area contributed by atoms with Gasteiger partial charge < -0.3 is 19.0 Å². The molecule has 4 saturated carbocycles. The number of hydrogen-bond donors (Lipinski definition) is 1. The van der Waals surface area contributed by atoms with Crippen LogP contribution in [-0.4, -0.2) is 35.0 Å². The molecule has 32 heavy (non-hydrogen) atoms. The zero-order chi connectivity index (χ0) is 22.5. The fourth-order valence-corrected chi connectivity index (χ4v) is 9.14. The van der Waals surface area contributed by atoms with E-state index in [0.717, 1.165) is 50.5 Å². The number of carbonyl (C=O) groups is 1. The van der Waals surface area contributed by atoms with E-state index in [1.54, 1.807) is 6.26 Å². The first-order valence-corrected chi connectivity index (χ1v) is 12.3. The molecule has 2 heterocycles. The van der Waals surface area contributed by atoms with E-state index in [2.05, 4.69) is 13.8 Å². The minimum absolute atomic E-state index is 0.0597. The highest BCUT2D eigenvalue weighted by atomic mass is 16.6. The number of aliphatic hydroxyl groups is 1. The molecule has 5 fully saturated rings. The standard InChI is InChI=1S/C26H34O6/c1-14(27)31-17-8-10-24(2)16(12-17)5-6-19-18(24)9-11-25(3)21(15-4-7-20(28)30-13-15)22(29)23-26(19,25)32-23/h4,7,13,16-19,21-23,29H,5-6,8-12H2,1-3H3/t16-,17+,18+,19?,21+,22-,23+,24+,25-,26?/m1/s1. The molecule has 1 aromatic rings. The summed E-state index contributed by atoms with van der Waals surface area (Å²) in [6, 6.07) is 3.28. The molecular formula is C26H34O6. The topological polar surface area (TPSA) is 89.3 Å². The van der Waals surface area contributed by atoms with Crippen molar-refractivity contribution in [3.8, 4) is 0 Å². The van der Waals surface area contributed by atoms with E-state index in [9.17, 15) is 14.7 Å². The summed E-state index contributed by atoms with van der Waals surface area (Å²) in [6.07, 6.45) is 8.27. The van der Waals surface area contributed by atoms with Crippen LogP contribution in [0.25, 0.3) is 0 Å². The molecule has 1 spiro atoms. The summed E-state index contributed by atoms with van der Waals surface area (Å²) in [5.74, 6) is 1.34. The zero-order valence-electron chi connectivity index (χ0n) is 19.2. The summed E-state index contributed by atoms with van der Waals surface area (Å²) in [5.41, 5.74) is 0.332. The lowest BCUT2D eigenvalue weighted by molar-refractivity contribution is -0.163. The van der Waals surface area contributed by atoms with Crippen molar-refractivity contribution < 1.29 is 23.8 Å². The van der Waals surface area contributed by atoms with Gasteiger partial charge in [-0.3, -0.25) is 4.79 Å². The van der Waals surface area contributed by atoms with Crippen LogP contribution in [0.4, 0.5) is 0 Å². The van der Waals surface area contributed by atoms with Crippen LogP contribution in [0, 0.1) is 28.6 Å². The van der Waals surface area contributed by atoms with Crippen LogP contribution in [0.3, 0.4) is 0 Å². The van der Waals surface area contributed by atoms with Crippen LogP contribution in [0.5, 0.6) is 0 Å². The molecular weight excluding hydrogens is 408 g/mol. The number of rotatable bonds is 2. The molecule has 6 rings (SSSR count). The normalized spacial score (nSPS) is 51.1. The van der Waals surface area contributed by atoms with Gasteiger partial charge in [-0.05, 0) is 79.7 Å². The van der Waals surface area contributed by atoms with Crippen molar-refractivity contribution in [2.75, 3.05) is 0 Å². The van der Waals surface area contributed by atoms with Gasteiger partial charge in [0, 0.05) is 24.3 Å². The molecule has 4 aliphatic carbocycles. The Morgan fingerprint density at radius 3 is 2.66 bits per heavy atom. The van der Waals surface area contributed by atoms with Gasteiger partial charge in [0.25, 0.3) is 0 Å². The Morgan fingerprint density at radius 2 is 1.94 bits per heavy atom. The average molecular weight is 443 g/mol. The minimum atomic E-state index is -0.573. The molecule has 0 bridgehead atoms. The van der Waals surface area contributed by atoms with Crippen molar-refractivity contribution in [2.45, 2.75) is 95.5 Å². The van der Waals surface area contributed by atoms with Gasteiger partial charge in [0.1, 0.15) is 17.8 Å². The first-order chi connectivity index (χ1) is 15.2. The van der Waals surface area contributed by atoms with E-state index < -0.39 is 6.10 Å². The molecule has 0 amide bonds. The van der Waals surface area contributed by atoms with Gasteiger partial charge in [-0.15, -0.1) is 0 Å². The highest BCUT2D eigenvalue weighted by Gasteiger charge is 2.83. The molecule has 5 aliphatic rings.